The second kappa shape index (κ2) is 9.35. The summed E-state index contributed by atoms with van der Waals surface area (Å²) in [7, 11) is 4.59. The smallest absolute Gasteiger partial charge is 0.264 e. The molecular weight excluding hydrogens is 410 g/mol. The van der Waals surface area contributed by atoms with E-state index in [1.165, 1.54) is 25.6 Å². The molecule has 7 nitrogen and oxygen atoms in total. The molecule has 3 aromatic rings. The number of ether oxygens (including phenoxy) is 3. The molecule has 3 rings (SSSR count). The Balaban J connectivity index is 1.69. The van der Waals surface area contributed by atoms with Gasteiger partial charge >= 0.3 is 0 Å². The molecule has 1 aromatic heterocycles. The van der Waals surface area contributed by atoms with Gasteiger partial charge in [-0.05, 0) is 48.6 Å². The number of methoxy groups -OCH3 is 3. The summed E-state index contributed by atoms with van der Waals surface area (Å²) < 4.78 is 15.7. The minimum Gasteiger partial charge on any atom is -0.497 e. The van der Waals surface area contributed by atoms with E-state index in [2.05, 4.69) is 15.6 Å². The molecule has 9 heteroatoms. The molecule has 0 atom stereocenters. The maximum atomic E-state index is 12.7. The highest BCUT2D eigenvalue weighted by Crippen LogP contribution is 2.28. The lowest BCUT2D eigenvalue weighted by atomic mass is 10.1. The maximum absolute atomic E-state index is 12.7. The first kappa shape index (κ1) is 20.6. The Labute approximate surface area is 177 Å². The molecule has 0 radical (unpaired) electrons. The summed E-state index contributed by atoms with van der Waals surface area (Å²) in [6.45, 7) is 0. The van der Waals surface area contributed by atoms with Gasteiger partial charge in [-0.25, -0.2) is 4.98 Å². The number of amides is 1. The first-order valence-electron chi connectivity index (χ1n) is 8.49. The second-order valence-corrected chi connectivity index (χ2v) is 6.98. The largest absolute Gasteiger partial charge is 0.497 e. The number of hydrogen-bond acceptors (Lipinski definition) is 7. The van der Waals surface area contributed by atoms with E-state index in [0.29, 0.717) is 16.6 Å². The molecule has 0 spiro atoms. The Morgan fingerprint density at radius 1 is 1.00 bits per heavy atom. The first-order valence-corrected chi connectivity index (χ1v) is 9.77. The molecule has 0 fully saturated rings. The summed E-state index contributed by atoms with van der Waals surface area (Å²) in [5, 5.41) is 8.15. The molecule has 2 aromatic carbocycles. The van der Waals surface area contributed by atoms with Crippen LogP contribution in [0.2, 0.25) is 0 Å². The van der Waals surface area contributed by atoms with Crippen molar-refractivity contribution in [3.05, 3.63) is 53.4 Å². The van der Waals surface area contributed by atoms with Crippen LogP contribution in [-0.2, 0) is 0 Å². The minimum absolute atomic E-state index is 0.124. The van der Waals surface area contributed by atoms with Gasteiger partial charge in [-0.2, -0.15) is 0 Å². The van der Waals surface area contributed by atoms with E-state index in [9.17, 15) is 4.79 Å². The van der Waals surface area contributed by atoms with Crippen molar-refractivity contribution in [1.82, 2.24) is 10.3 Å². The molecule has 0 saturated heterocycles. The highest BCUT2D eigenvalue weighted by Gasteiger charge is 2.19. The quantitative estimate of drug-likeness (QED) is 0.574. The van der Waals surface area contributed by atoms with E-state index < -0.39 is 5.91 Å². The molecule has 2 N–H and O–H groups in total. The average molecular weight is 430 g/mol. The fourth-order valence-electron chi connectivity index (χ4n) is 2.59. The van der Waals surface area contributed by atoms with Crippen molar-refractivity contribution >= 4 is 39.7 Å². The van der Waals surface area contributed by atoms with Crippen LogP contribution in [0.3, 0.4) is 0 Å². The maximum Gasteiger partial charge on any atom is 0.264 e. The molecule has 0 aliphatic rings. The number of carbonyl (C=O) groups is 1. The van der Waals surface area contributed by atoms with Crippen LogP contribution in [0.5, 0.6) is 17.2 Å². The van der Waals surface area contributed by atoms with Crippen molar-refractivity contribution in [2.24, 2.45) is 0 Å². The van der Waals surface area contributed by atoms with Crippen LogP contribution in [0, 0.1) is 0 Å². The van der Waals surface area contributed by atoms with Crippen LogP contribution >= 0.6 is 23.6 Å². The van der Waals surface area contributed by atoms with Crippen LogP contribution in [0.25, 0.3) is 11.3 Å². The SMILES string of the molecule is COc1ccc(-c2csc(NC(=S)NC(=O)c3c(OC)cccc3OC)n2)cc1. The van der Waals surface area contributed by atoms with Gasteiger partial charge in [0.15, 0.2) is 10.2 Å². The lowest BCUT2D eigenvalue weighted by Crippen LogP contribution is -2.34. The van der Waals surface area contributed by atoms with Gasteiger partial charge in [0.1, 0.15) is 22.8 Å². The van der Waals surface area contributed by atoms with E-state index in [1.54, 1.807) is 25.3 Å². The zero-order valence-electron chi connectivity index (χ0n) is 16.0. The van der Waals surface area contributed by atoms with E-state index >= 15 is 0 Å². The normalized spacial score (nSPS) is 10.2. The Kier molecular flexibility index (Phi) is 6.63. The van der Waals surface area contributed by atoms with E-state index in [4.69, 9.17) is 26.4 Å². The van der Waals surface area contributed by atoms with E-state index in [-0.39, 0.29) is 10.7 Å². The number of carbonyl (C=O) groups excluding carboxylic acids is 1. The summed E-state index contributed by atoms with van der Waals surface area (Å²) in [5.41, 5.74) is 2.00. The standard InChI is InChI=1S/C20H19N3O4S2/c1-25-13-9-7-12(8-10-13)14-11-29-20(21-14)23-19(28)22-18(24)17-15(26-2)5-4-6-16(17)27-3/h4-11H,1-3H3,(H2,21,22,23,24,28). The predicted octanol–water partition coefficient (Wildman–Crippen LogP) is 3.96. The molecule has 0 bridgehead atoms. The lowest BCUT2D eigenvalue weighted by molar-refractivity contribution is 0.0971. The van der Waals surface area contributed by atoms with Crippen molar-refractivity contribution < 1.29 is 19.0 Å². The number of anilines is 1. The zero-order valence-corrected chi connectivity index (χ0v) is 17.6. The van der Waals surface area contributed by atoms with Crippen LogP contribution in [0.15, 0.2) is 47.8 Å². The van der Waals surface area contributed by atoms with Crippen molar-refractivity contribution in [1.29, 1.82) is 0 Å². The summed E-state index contributed by atoms with van der Waals surface area (Å²) in [6, 6.07) is 12.7. The monoisotopic (exact) mass is 429 g/mol. The molecule has 0 aliphatic heterocycles. The second-order valence-electron chi connectivity index (χ2n) is 5.71. The molecular formula is C20H19N3O4S2. The lowest BCUT2D eigenvalue weighted by Gasteiger charge is -2.13. The average Bonchev–Trinajstić information content (AvgIpc) is 3.21. The van der Waals surface area contributed by atoms with Gasteiger partial charge in [-0.3, -0.25) is 10.1 Å². The van der Waals surface area contributed by atoms with Crippen LogP contribution in [-0.4, -0.2) is 37.3 Å². The molecule has 29 heavy (non-hydrogen) atoms. The molecule has 0 aliphatic carbocycles. The Hall–Kier alpha value is -3.17. The third kappa shape index (κ3) is 4.82. The number of benzene rings is 2. The number of rotatable bonds is 6. The van der Waals surface area contributed by atoms with Crippen molar-refractivity contribution in [3.8, 4) is 28.5 Å². The topological polar surface area (TPSA) is 81.7 Å². The third-order valence-corrected chi connectivity index (χ3v) is 4.95. The van der Waals surface area contributed by atoms with Gasteiger partial charge in [0.05, 0.1) is 27.0 Å². The summed E-state index contributed by atoms with van der Waals surface area (Å²) >= 11 is 6.63. The Morgan fingerprint density at radius 3 is 2.24 bits per heavy atom. The first-order chi connectivity index (χ1) is 14.0. The Bertz CT molecular complexity index is 997. The number of thiazole rings is 1. The van der Waals surface area contributed by atoms with Crippen LogP contribution < -0.4 is 24.8 Å². The highest BCUT2D eigenvalue weighted by molar-refractivity contribution is 7.80. The molecule has 0 saturated carbocycles. The molecule has 1 heterocycles. The summed E-state index contributed by atoms with van der Waals surface area (Å²) in [4.78, 5) is 17.2. The zero-order chi connectivity index (χ0) is 20.8. The predicted molar refractivity (Wildman–Crippen MR) is 117 cm³/mol. The highest BCUT2D eigenvalue weighted by atomic mass is 32.1. The molecule has 150 valence electrons. The van der Waals surface area contributed by atoms with Gasteiger partial charge in [-0.15, -0.1) is 11.3 Å². The summed E-state index contributed by atoms with van der Waals surface area (Å²) in [5.74, 6) is 1.11. The van der Waals surface area contributed by atoms with E-state index in [0.717, 1.165) is 17.0 Å². The third-order valence-electron chi connectivity index (χ3n) is 3.99. The van der Waals surface area contributed by atoms with Crippen molar-refractivity contribution in [3.63, 3.8) is 0 Å². The van der Waals surface area contributed by atoms with Crippen molar-refractivity contribution in [2.75, 3.05) is 26.6 Å². The summed E-state index contributed by atoms with van der Waals surface area (Å²) in [6.07, 6.45) is 0. The van der Waals surface area contributed by atoms with Gasteiger partial charge in [0, 0.05) is 10.9 Å². The van der Waals surface area contributed by atoms with E-state index in [1.807, 2.05) is 29.6 Å². The van der Waals surface area contributed by atoms with Gasteiger partial charge in [0.2, 0.25) is 0 Å². The minimum atomic E-state index is -0.441. The fraction of sp³-hybridized carbons (Fsp3) is 0.150. The number of hydrogen-bond donors (Lipinski definition) is 2. The van der Waals surface area contributed by atoms with Gasteiger partial charge < -0.3 is 19.5 Å². The van der Waals surface area contributed by atoms with Crippen LogP contribution in [0.1, 0.15) is 10.4 Å². The fourth-order valence-corrected chi connectivity index (χ4v) is 3.57. The number of aromatic nitrogens is 1. The van der Waals surface area contributed by atoms with Gasteiger partial charge in [-0.1, -0.05) is 6.07 Å². The number of nitrogens with zero attached hydrogens (tertiary/aromatic N) is 1. The molecule has 1 amide bonds. The molecule has 0 unspecified atom stereocenters. The van der Waals surface area contributed by atoms with Crippen LogP contribution in [0.4, 0.5) is 5.13 Å². The number of thiocarbonyl (C=S) groups is 1. The van der Waals surface area contributed by atoms with Crippen molar-refractivity contribution in [2.45, 2.75) is 0 Å². The van der Waals surface area contributed by atoms with Gasteiger partial charge in [0.25, 0.3) is 5.91 Å². The Morgan fingerprint density at radius 2 is 1.66 bits per heavy atom. The number of nitrogens with one attached hydrogen (secondary N) is 2.